The SMILES string of the molecule is O=C(NC1CCS(=O)(=O)C1)c1cc(C(=O)N2CCCC2)ccn1. The van der Waals surface area contributed by atoms with E-state index in [1.807, 2.05) is 0 Å². The van der Waals surface area contributed by atoms with Gasteiger partial charge in [0.2, 0.25) is 0 Å². The fourth-order valence-corrected chi connectivity index (χ4v) is 4.63. The average molecular weight is 337 g/mol. The second-order valence-electron chi connectivity index (χ2n) is 6.00. The van der Waals surface area contributed by atoms with E-state index in [0.717, 1.165) is 25.9 Å². The van der Waals surface area contributed by atoms with Crippen molar-refractivity contribution in [2.24, 2.45) is 0 Å². The normalized spacial score (nSPS) is 23.0. The summed E-state index contributed by atoms with van der Waals surface area (Å²) in [4.78, 5) is 30.3. The molecule has 2 fully saturated rings. The molecule has 2 aliphatic rings. The maximum Gasteiger partial charge on any atom is 0.270 e. The molecule has 1 unspecified atom stereocenters. The Bertz CT molecular complexity index is 726. The summed E-state index contributed by atoms with van der Waals surface area (Å²) in [6.07, 6.45) is 3.85. The Morgan fingerprint density at radius 3 is 2.65 bits per heavy atom. The van der Waals surface area contributed by atoms with Crippen molar-refractivity contribution in [2.75, 3.05) is 24.6 Å². The fourth-order valence-electron chi connectivity index (χ4n) is 2.96. The summed E-state index contributed by atoms with van der Waals surface area (Å²) in [6.45, 7) is 1.48. The number of hydrogen-bond acceptors (Lipinski definition) is 5. The summed E-state index contributed by atoms with van der Waals surface area (Å²) in [7, 11) is -3.05. The second-order valence-corrected chi connectivity index (χ2v) is 8.23. The monoisotopic (exact) mass is 337 g/mol. The first-order valence-electron chi connectivity index (χ1n) is 7.71. The van der Waals surface area contributed by atoms with Gasteiger partial charge in [-0.05, 0) is 31.4 Å². The topological polar surface area (TPSA) is 96.4 Å². The molecule has 0 bridgehead atoms. The molecule has 2 amide bonds. The predicted octanol–water partition coefficient (Wildman–Crippen LogP) is 0.235. The van der Waals surface area contributed by atoms with Gasteiger partial charge in [0.1, 0.15) is 5.69 Å². The molecular weight excluding hydrogens is 318 g/mol. The Morgan fingerprint density at radius 1 is 1.26 bits per heavy atom. The maximum absolute atomic E-state index is 12.3. The molecule has 2 aliphatic heterocycles. The van der Waals surface area contributed by atoms with Crippen LogP contribution in [0.1, 0.15) is 40.1 Å². The van der Waals surface area contributed by atoms with E-state index in [1.165, 1.54) is 12.3 Å². The second kappa shape index (κ2) is 6.27. The third-order valence-electron chi connectivity index (χ3n) is 4.20. The molecule has 1 N–H and O–H groups in total. The number of carbonyl (C=O) groups is 2. The summed E-state index contributed by atoms with van der Waals surface area (Å²) in [5.74, 6) is -0.477. The number of sulfone groups is 1. The fraction of sp³-hybridized carbons (Fsp3) is 0.533. The molecule has 0 spiro atoms. The van der Waals surface area contributed by atoms with Gasteiger partial charge in [-0.15, -0.1) is 0 Å². The summed E-state index contributed by atoms with van der Waals surface area (Å²) in [5.41, 5.74) is 0.574. The van der Waals surface area contributed by atoms with Crippen LogP contribution in [0.4, 0.5) is 0 Å². The highest BCUT2D eigenvalue weighted by Gasteiger charge is 2.29. The highest BCUT2D eigenvalue weighted by Crippen LogP contribution is 2.14. The Hall–Kier alpha value is -1.96. The number of pyridine rings is 1. The van der Waals surface area contributed by atoms with Gasteiger partial charge in [-0.2, -0.15) is 0 Å². The maximum atomic E-state index is 12.3. The minimum Gasteiger partial charge on any atom is -0.347 e. The number of nitrogens with zero attached hydrogens (tertiary/aromatic N) is 2. The van der Waals surface area contributed by atoms with Crippen LogP contribution in [0.5, 0.6) is 0 Å². The van der Waals surface area contributed by atoms with E-state index in [4.69, 9.17) is 0 Å². The van der Waals surface area contributed by atoms with Gasteiger partial charge < -0.3 is 10.2 Å². The van der Waals surface area contributed by atoms with Crippen LogP contribution < -0.4 is 5.32 Å². The highest BCUT2D eigenvalue weighted by molar-refractivity contribution is 7.91. The number of hydrogen-bond donors (Lipinski definition) is 1. The third kappa shape index (κ3) is 3.69. The lowest BCUT2D eigenvalue weighted by molar-refractivity contribution is 0.0792. The molecule has 23 heavy (non-hydrogen) atoms. The van der Waals surface area contributed by atoms with Crippen molar-refractivity contribution < 1.29 is 18.0 Å². The van der Waals surface area contributed by atoms with Gasteiger partial charge >= 0.3 is 0 Å². The lowest BCUT2D eigenvalue weighted by Crippen LogP contribution is -2.36. The van der Waals surface area contributed by atoms with Gasteiger partial charge in [0.05, 0.1) is 11.5 Å². The molecule has 8 heteroatoms. The minimum absolute atomic E-state index is 0.0366. The molecule has 3 heterocycles. The van der Waals surface area contributed by atoms with E-state index < -0.39 is 15.7 Å². The molecule has 0 radical (unpaired) electrons. The van der Waals surface area contributed by atoms with Crippen molar-refractivity contribution >= 4 is 21.7 Å². The van der Waals surface area contributed by atoms with Crippen molar-refractivity contribution in [3.8, 4) is 0 Å². The Balaban J connectivity index is 1.69. The zero-order valence-electron chi connectivity index (χ0n) is 12.7. The van der Waals surface area contributed by atoms with E-state index in [0.29, 0.717) is 12.0 Å². The summed E-state index contributed by atoms with van der Waals surface area (Å²) < 4.78 is 22.9. The Labute approximate surface area is 135 Å². The number of nitrogens with one attached hydrogen (secondary N) is 1. The van der Waals surface area contributed by atoms with Gasteiger partial charge in [0.15, 0.2) is 9.84 Å². The molecular formula is C15H19N3O4S. The zero-order chi connectivity index (χ0) is 16.4. The van der Waals surface area contributed by atoms with Crippen LogP contribution in [-0.2, 0) is 9.84 Å². The van der Waals surface area contributed by atoms with Crippen LogP contribution in [-0.4, -0.2) is 60.8 Å². The lowest BCUT2D eigenvalue weighted by atomic mass is 10.2. The molecule has 1 aromatic heterocycles. The van der Waals surface area contributed by atoms with Crippen molar-refractivity contribution in [2.45, 2.75) is 25.3 Å². The van der Waals surface area contributed by atoms with Gasteiger partial charge in [-0.1, -0.05) is 0 Å². The van der Waals surface area contributed by atoms with Crippen LogP contribution in [0.2, 0.25) is 0 Å². The van der Waals surface area contributed by atoms with Crippen LogP contribution in [0.25, 0.3) is 0 Å². The number of carbonyl (C=O) groups excluding carboxylic acids is 2. The summed E-state index contributed by atoms with van der Waals surface area (Å²) in [6, 6.07) is 2.68. The number of aromatic nitrogens is 1. The molecule has 0 aliphatic carbocycles. The van der Waals surface area contributed by atoms with Gasteiger partial charge in [0, 0.05) is 30.9 Å². The molecule has 1 atom stereocenters. The van der Waals surface area contributed by atoms with E-state index >= 15 is 0 Å². The number of likely N-dealkylation sites (tertiary alicyclic amines) is 1. The molecule has 1 aromatic rings. The first-order valence-corrected chi connectivity index (χ1v) is 9.53. The first-order chi connectivity index (χ1) is 10.9. The van der Waals surface area contributed by atoms with Crippen LogP contribution in [0, 0.1) is 0 Å². The van der Waals surface area contributed by atoms with Crippen LogP contribution in [0.3, 0.4) is 0 Å². The largest absolute Gasteiger partial charge is 0.347 e. The van der Waals surface area contributed by atoms with E-state index in [9.17, 15) is 18.0 Å². The van der Waals surface area contributed by atoms with Crippen LogP contribution >= 0.6 is 0 Å². The van der Waals surface area contributed by atoms with Crippen molar-refractivity contribution in [3.63, 3.8) is 0 Å². The van der Waals surface area contributed by atoms with Gasteiger partial charge in [0.25, 0.3) is 11.8 Å². The number of amides is 2. The van der Waals surface area contributed by atoms with E-state index in [1.54, 1.807) is 11.0 Å². The molecule has 0 saturated carbocycles. The highest BCUT2D eigenvalue weighted by atomic mass is 32.2. The summed E-state index contributed by atoms with van der Waals surface area (Å²) in [5, 5.41) is 2.68. The van der Waals surface area contributed by atoms with Gasteiger partial charge in [-0.25, -0.2) is 8.42 Å². The molecule has 3 rings (SSSR count). The van der Waals surface area contributed by atoms with Crippen molar-refractivity contribution in [1.29, 1.82) is 0 Å². The summed E-state index contributed by atoms with van der Waals surface area (Å²) >= 11 is 0. The Kier molecular flexibility index (Phi) is 4.34. The lowest BCUT2D eigenvalue weighted by Gasteiger charge is -2.15. The standard InChI is InChI=1S/C15H19N3O4S/c19-14(17-12-4-8-23(21,22)10-12)13-9-11(3-5-16-13)15(20)18-6-1-2-7-18/h3,5,9,12H,1-2,4,6-8,10H2,(H,17,19). The van der Waals surface area contributed by atoms with Crippen molar-refractivity contribution in [3.05, 3.63) is 29.6 Å². The van der Waals surface area contributed by atoms with E-state index in [2.05, 4.69) is 10.3 Å². The molecule has 2 saturated heterocycles. The van der Waals surface area contributed by atoms with E-state index in [-0.39, 0.29) is 29.1 Å². The molecule has 7 nitrogen and oxygen atoms in total. The average Bonchev–Trinajstić information content (AvgIpc) is 3.16. The Morgan fingerprint density at radius 2 is 2.00 bits per heavy atom. The first kappa shape index (κ1) is 15.9. The van der Waals surface area contributed by atoms with Gasteiger partial charge in [-0.3, -0.25) is 14.6 Å². The predicted molar refractivity (Wildman–Crippen MR) is 83.9 cm³/mol. The quantitative estimate of drug-likeness (QED) is 0.852. The zero-order valence-corrected chi connectivity index (χ0v) is 13.5. The van der Waals surface area contributed by atoms with Crippen LogP contribution in [0.15, 0.2) is 18.3 Å². The smallest absolute Gasteiger partial charge is 0.270 e. The van der Waals surface area contributed by atoms with Crippen molar-refractivity contribution in [1.82, 2.24) is 15.2 Å². The molecule has 0 aromatic carbocycles. The minimum atomic E-state index is -3.05. The third-order valence-corrected chi connectivity index (χ3v) is 5.97. The molecule has 124 valence electrons. The number of rotatable bonds is 3.